The Labute approximate surface area is 121 Å². The molecule has 0 aromatic heterocycles. The maximum absolute atomic E-state index is 11.8. The fourth-order valence-electron chi connectivity index (χ4n) is 1.44. The summed E-state index contributed by atoms with van der Waals surface area (Å²) in [5.41, 5.74) is 5.78. The molecule has 0 heterocycles. The third-order valence-corrected chi connectivity index (χ3v) is 3.00. The number of anilines is 1. The molecule has 5 nitrogen and oxygen atoms in total. The van der Waals surface area contributed by atoms with Gasteiger partial charge in [-0.25, -0.2) is 0 Å². The van der Waals surface area contributed by atoms with Crippen LogP contribution in [0.25, 0.3) is 0 Å². The van der Waals surface area contributed by atoms with E-state index in [0.717, 1.165) is 0 Å². The molecule has 7 heteroatoms. The molecular weight excluding hydrogens is 289 g/mol. The van der Waals surface area contributed by atoms with Crippen molar-refractivity contribution < 1.29 is 9.59 Å². The van der Waals surface area contributed by atoms with Crippen molar-refractivity contribution in [3.05, 3.63) is 28.2 Å². The summed E-state index contributed by atoms with van der Waals surface area (Å²) in [6.45, 7) is 1.43. The minimum atomic E-state index is -0.651. The van der Waals surface area contributed by atoms with Crippen LogP contribution in [0.1, 0.15) is 6.92 Å². The van der Waals surface area contributed by atoms with Crippen LogP contribution in [0.15, 0.2) is 18.2 Å². The van der Waals surface area contributed by atoms with Crippen molar-refractivity contribution in [3.8, 4) is 0 Å². The fourth-order valence-corrected chi connectivity index (χ4v) is 1.93. The van der Waals surface area contributed by atoms with Crippen LogP contribution in [0, 0.1) is 0 Å². The van der Waals surface area contributed by atoms with Crippen molar-refractivity contribution in [2.75, 3.05) is 18.9 Å². The number of amides is 2. The van der Waals surface area contributed by atoms with Gasteiger partial charge in [-0.05, 0) is 19.1 Å². The number of hydrogen-bond donors (Lipinski definition) is 2. The Bertz CT molecular complexity index is 472. The number of halogens is 2. The molecule has 1 aromatic rings. The number of nitrogens with zero attached hydrogens (tertiary/aromatic N) is 1. The van der Waals surface area contributed by atoms with Gasteiger partial charge in [0.2, 0.25) is 11.8 Å². The largest absolute Gasteiger partial charge is 0.335 e. The zero-order chi connectivity index (χ0) is 14.6. The quantitative estimate of drug-likeness (QED) is 0.889. The summed E-state index contributed by atoms with van der Waals surface area (Å²) >= 11 is 11.8. The van der Waals surface area contributed by atoms with Gasteiger partial charge in [0.25, 0.3) is 0 Å². The SMILES string of the molecule is C[C@@H](N)C(=O)N(C)CC(=O)Nc1c(Cl)cccc1Cl. The number of likely N-dealkylation sites (N-methyl/N-ethyl adjacent to an activating group) is 1. The standard InChI is InChI=1S/C12H15Cl2N3O2/c1-7(15)12(19)17(2)6-10(18)16-11-8(13)4-3-5-9(11)14/h3-5,7H,6,15H2,1-2H3,(H,16,18)/t7-/m1/s1. The Morgan fingerprint density at radius 1 is 1.37 bits per heavy atom. The maximum Gasteiger partial charge on any atom is 0.244 e. The van der Waals surface area contributed by atoms with E-state index >= 15 is 0 Å². The first-order valence-electron chi connectivity index (χ1n) is 5.57. The summed E-state index contributed by atoms with van der Waals surface area (Å²) in [4.78, 5) is 24.6. The molecule has 1 atom stereocenters. The van der Waals surface area contributed by atoms with Crippen molar-refractivity contribution in [2.45, 2.75) is 13.0 Å². The normalized spacial score (nSPS) is 11.8. The summed E-state index contributed by atoms with van der Waals surface area (Å²) in [6, 6.07) is 4.24. The van der Waals surface area contributed by atoms with Crippen LogP contribution in [-0.2, 0) is 9.59 Å². The predicted octanol–water partition coefficient (Wildman–Crippen LogP) is 1.74. The molecule has 19 heavy (non-hydrogen) atoms. The molecule has 0 aliphatic rings. The van der Waals surface area contributed by atoms with Crippen LogP contribution in [-0.4, -0.2) is 36.3 Å². The van der Waals surface area contributed by atoms with E-state index in [0.29, 0.717) is 15.7 Å². The van der Waals surface area contributed by atoms with E-state index in [1.165, 1.54) is 11.9 Å². The van der Waals surface area contributed by atoms with Gasteiger partial charge in [-0.3, -0.25) is 9.59 Å². The predicted molar refractivity (Wildman–Crippen MR) is 76.4 cm³/mol. The van der Waals surface area contributed by atoms with Gasteiger partial charge in [0.05, 0.1) is 28.3 Å². The van der Waals surface area contributed by atoms with E-state index in [4.69, 9.17) is 28.9 Å². The number of benzene rings is 1. The first-order valence-corrected chi connectivity index (χ1v) is 6.33. The first kappa shape index (κ1) is 15.8. The van der Waals surface area contributed by atoms with Gasteiger partial charge in [-0.15, -0.1) is 0 Å². The Hall–Kier alpha value is -1.30. The van der Waals surface area contributed by atoms with E-state index in [-0.39, 0.29) is 12.5 Å². The van der Waals surface area contributed by atoms with Gasteiger partial charge in [-0.1, -0.05) is 29.3 Å². The third-order valence-electron chi connectivity index (χ3n) is 2.37. The van der Waals surface area contributed by atoms with Crippen molar-refractivity contribution in [1.82, 2.24) is 4.90 Å². The number of hydrogen-bond acceptors (Lipinski definition) is 3. The van der Waals surface area contributed by atoms with Crippen molar-refractivity contribution >= 4 is 40.7 Å². The molecule has 0 fully saturated rings. The minimum absolute atomic E-state index is 0.123. The van der Waals surface area contributed by atoms with E-state index in [9.17, 15) is 9.59 Å². The molecule has 2 amide bonds. The molecule has 0 saturated carbocycles. The zero-order valence-corrected chi connectivity index (χ0v) is 12.1. The van der Waals surface area contributed by atoms with Crippen LogP contribution < -0.4 is 11.1 Å². The number of para-hydroxylation sites is 1. The van der Waals surface area contributed by atoms with Crippen LogP contribution in [0.4, 0.5) is 5.69 Å². The van der Waals surface area contributed by atoms with Gasteiger partial charge in [0.15, 0.2) is 0 Å². The van der Waals surface area contributed by atoms with Gasteiger partial charge >= 0.3 is 0 Å². The number of carbonyl (C=O) groups is 2. The highest BCUT2D eigenvalue weighted by molar-refractivity contribution is 6.39. The molecule has 0 spiro atoms. The second kappa shape index (κ2) is 6.75. The van der Waals surface area contributed by atoms with E-state index in [2.05, 4.69) is 5.32 Å². The Morgan fingerprint density at radius 3 is 2.37 bits per heavy atom. The smallest absolute Gasteiger partial charge is 0.244 e. The van der Waals surface area contributed by atoms with E-state index < -0.39 is 11.9 Å². The lowest BCUT2D eigenvalue weighted by Crippen LogP contribution is -2.43. The topological polar surface area (TPSA) is 75.4 Å². The minimum Gasteiger partial charge on any atom is -0.335 e. The number of nitrogens with one attached hydrogen (secondary N) is 1. The third kappa shape index (κ3) is 4.38. The second-order valence-corrected chi connectivity index (χ2v) is 4.94. The van der Waals surface area contributed by atoms with Gasteiger partial charge < -0.3 is 16.0 Å². The molecule has 1 aromatic carbocycles. The van der Waals surface area contributed by atoms with Gasteiger partial charge in [-0.2, -0.15) is 0 Å². The highest BCUT2D eigenvalue weighted by Crippen LogP contribution is 2.29. The van der Waals surface area contributed by atoms with Crippen LogP contribution >= 0.6 is 23.2 Å². The maximum atomic E-state index is 11.8. The molecule has 0 bridgehead atoms. The average molecular weight is 304 g/mol. The molecule has 3 N–H and O–H groups in total. The molecule has 0 unspecified atom stereocenters. The summed E-state index contributed by atoms with van der Waals surface area (Å²) in [6.07, 6.45) is 0. The first-order chi connectivity index (χ1) is 8.82. The molecule has 0 saturated heterocycles. The van der Waals surface area contributed by atoms with Gasteiger partial charge in [0.1, 0.15) is 0 Å². The lowest BCUT2D eigenvalue weighted by atomic mass is 10.3. The highest BCUT2D eigenvalue weighted by Gasteiger charge is 2.17. The summed E-state index contributed by atoms with van der Waals surface area (Å²) in [5, 5.41) is 3.24. The second-order valence-electron chi connectivity index (χ2n) is 4.13. The number of carbonyl (C=O) groups excluding carboxylic acids is 2. The van der Waals surface area contributed by atoms with Crippen molar-refractivity contribution in [2.24, 2.45) is 5.73 Å². The summed E-state index contributed by atoms with van der Waals surface area (Å²) < 4.78 is 0. The lowest BCUT2D eigenvalue weighted by molar-refractivity contribution is -0.134. The Kier molecular flexibility index (Phi) is 5.60. The summed E-state index contributed by atoms with van der Waals surface area (Å²) in [5.74, 6) is -0.716. The van der Waals surface area contributed by atoms with E-state index in [1.54, 1.807) is 25.1 Å². The Balaban J connectivity index is 2.68. The number of nitrogens with two attached hydrogens (primary N) is 1. The van der Waals surface area contributed by atoms with Crippen molar-refractivity contribution in [1.29, 1.82) is 0 Å². The highest BCUT2D eigenvalue weighted by atomic mass is 35.5. The molecule has 0 aliphatic heterocycles. The Morgan fingerprint density at radius 2 is 1.89 bits per heavy atom. The van der Waals surface area contributed by atoms with Crippen LogP contribution in [0.3, 0.4) is 0 Å². The average Bonchev–Trinajstić information content (AvgIpc) is 2.32. The van der Waals surface area contributed by atoms with Gasteiger partial charge in [0, 0.05) is 7.05 Å². The molecule has 1 rings (SSSR count). The van der Waals surface area contributed by atoms with Crippen LogP contribution in [0.5, 0.6) is 0 Å². The lowest BCUT2D eigenvalue weighted by Gasteiger charge is -2.19. The molecule has 104 valence electrons. The number of rotatable bonds is 4. The molecular formula is C12H15Cl2N3O2. The molecule has 0 aliphatic carbocycles. The molecule has 0 radical (unpaired) electrons. The van der Waals surface area contributed by atoms with Crippen molar-refractivity contribution in [3.63, 3.8) is 0 Å². The zero-order valence-electron chi connectivity index (χ0n) is 10.6. The van der Waals surface area contributed by atoms with E-state index in [1.807, 2.05) is 0 Å². The fraction of sp³-hybridized carbons (Fsp3) is 0.333. The monoisotopic (exact) mass is 303 g/mol. The summed E-state index contributed by atoms with van der Waals surface area (Å²) in [7, 11) is 1.50. The van der Waals surface area contributed by atoms with Crippen LogP contribution in [0.2, 0.25) is 10.0 Å².